The van der Waals surface area contributed by atoms with Crippen LogP contribution in [-0.2, 0) is 37.3 Å². The third kappa shape index (κ3) is 8.38. The minimum Gasteiger partial charge on any atom is -0.509 e. The summed E-state index contributed by atoms with van der Waals surface area (Å²) in [4.78, 5) is 9.47. The van der Waals surface area contributed by atoms with E-state index in [-0.39, 0.29) is 37.3 Å². The first-order valence-electron chi connectivity index (χ1n) is 22.4. The van der Waals surface area contributed by atoms with Crippen molar-refractivity contribution in [3.05, 3.63) is 235 Å². The van der Waals surface area contributed by atoms with Gasteiger partial charge in [0.1, 0.15) is 5.82 Å². The number of hydrogen-bond donors (Lipinski definition) is 0. The summed E-state index contributed by atoms with van der Waals surface area (Å²) in [5, 5.41) is 2.19. The molecule has 2 aromatic heterocycles. The summed E-state index contributed by atoms with van der Waals surface area (Å²) in [7, 11) is 0. The van der Waals surface area contributed by atoms with Gasteiger partial charge in [-0.05, 0) is 80.7 Å². The maximum atomic E-state index is 6.71. The van der Waals surface area contributed by atoms with E-state index in [2.05, 4.69) is 246 Å². The third-order valence-electron chi connectivity index (χ3n) is 13.1. The van der Waals surface area contributed by atoms with Crippen molar-refractivity contribution in [2.45, 2.75) is 64.7 Å². The molecule has 5 nitrogen and oxygen atoms in total. The molecule has 0 aliphatic carbocycles. The van der Waals surface area contributed by atoms with Crippen LogP contribution in [0.4, 0.5) is 11.4 Å². The van der Waals surface area contributed by atoms with E-state index in [0.717, 1.165) is 50.3 Å². The molecule has 1 aliphatic rings. The van der Waals surface area contributed by atoms with Crippen molar-refractivity contribution in [1.82, 2.24) is 9.55 Å². The summed E-state index contributed by atoms with van der Waals surface area (Å²) < 4.78 is 8.93. The van der Waals surface area contributed by atoms with Gasteiger partial charge in [0.2, 0.25) is 0 Å². The summed E-state index contributed by atoms with van der Waals surface area (Å²) in [6, 6.07) is 69.3. The molecule has 9 aromatic rings. The molecule has 1 aliphatic heterocycles. The van der Waals surface area contributed by atoms with Gasteiger partial charge in [0.25, 0.3) is 0 Å². The van der Waals surface area contributed by atoms with E-state index >= 15 is 0 Å². The summed E-state index contributed by atoms with van der Waals surface area (Å²) in [5.74, 6) is 2.01. The predicted octanol–water partition coefficient (Wildman–Crippen LogP) is 15.1. The van der Waals surface area contributed by atoms with Crippen LogP contribution >= 0.6 is 0 Å². The van der Waals surface area contributed by atoms with Gasteiger partial charge in [-0.2, -0.15) is 12.1 Å². The molecule has 3 heterocycles. The number of benzene rings is 7. The normalized spacial score (nSPS) is 13.2. The van der Waals surface area contributed by atoms with Crippen LogP contribution in [0.5, 0.6) is 11.5 Å². The van der Waals surface area contributed by atoms with Crippen LogP contribution in [-0.4, -0.2) is 9.55 Å². The van der Waals surface area contributed by atoms with Gasteiger partial charge in [-0.1, -0.05) is 169 Å². The molecule has 0 unspecified atom stereocenters. The van der Waals surface area contributed by atoms with E-state index in [1.165, 1.54) is 27.8 Å². The Balaban J connectivity index is 0.00000548. The van der Waals surface area contributed by atoms with Gasteiger partial charge >= 0.3 is 0 Å². The second-order valence-corrected chi connectivity index (χ2v) is 19.1. The predicted molar refractivity (Wildman–Crippen MR) is 269 cm³/mol. The minimum absolute atomic E-state index is 0. The number of rotatable bonds is 10. The SMILES string of the molecule is CC(C)(C)c1cccc(N2[CH-]N(c3[c-]c(Oc4[c-]c5c(cc4)c4cc(-c6ccccc6)ccc4n5-c4cc(C(C)(C)c5ccccc5)ccn4)ccc3)C=C2C(C)(C)c2ccccc2)c1.[Pt]. The minimum atomic E-state index is -0.311. The largest absolute Gasteiger partial charge is 0.509 e. The van der Waals surface area contributed by atoms with Crippen LogP contribution in [0.3, 0.4) is 0 Å². The number of hydrogen-bond acceptors (Lipinski definition) is 4. The molecular weight excluding hydrogens is 988 g/mol. The molecule has 0 N–H and O–H groups in total. The van der Waals surface area contributed by atoms with Crippen LogP contribution in [0.1, 0.15) is 70.7 Å². The molecule has 0 atom stereocenters. The Labute approximate surface area is 404 Å². The zero-order valence-corrected chi connectivity index (χ0v) is 40.8. The first kappa shape index (κ1) is 44.5. The first-order valence-corrected chi connectivity index (χ1v) is 22.4. The van der Waals surface area contributed by atoms with Gasteiger partial charge in [-0.25, -0.2) is 4.98 Å². The Morgan fingerprint density at radius 1 is 0.530 bits per heavy atom. The summed E-state index contributed by atoms with van der Waals surface area (Å²) in [6.45, 7) is 18.1. The Hall–Kier alpha value is -6.68. The fourth-order valence-electron chi connectivity index (χ4n) is 9.09. The molecule has 10 rings (SSSR count). The Bertz CT molecular complexity index is 3200. The standard InChI is InChI=1S/C60H53N4O.Pt/c1-58(2,3)46-25-17-27-49(36-46)63-41-62(40-56(63)60(6,7)45-23-15-10-16-24-45)48-26-18-28-50(38-48)65-51-30-31-52-53-35-43(42-19-11-8-12-20-42)29-32-54(53)64(55(52)39-51)57-37-47(33-34-61-57)59(4,5)44-21-13-9-14-22-44;/h8-37,40-41H,1-7H3;/q-3;. The van der Waals surface area contributed by atoms with Crippen LogP contribution in [0.2, 0.25) is 0 Å². The quantitative estimate of drug-likeness (QED) is 0.128. The molecule has 0 saturated carbocycles. The first-order chi connectivity index (χ1) is 31.3. The molecule has 0 spiro atoms. The van der Waals surface area contributed by atoms with Gasteiger partial charge in [-0.3, -0.25) is 0 Å². The van der Waals surface area contributed by atoms with Gasteiger partial charge in [0.05, 0.1) is 0 Å². The van der Waals surface area contributed by atoms with Crippen LogP contribution in [0.25, 0.3) is 38.8 Å². The molecule has 0 radical (unpaired) electrons. The third-order valence-corrected chi connectivity index (χ3v) is 13.1. The fraction of sp³-hybridized carbons (Fsp3) is 0.167. The number of ether oxygens (including phenoxy) is 1. The Morgan fingerprint density at radius 2 is 1.18 bits per heavy atom. The zero-order valence-electron chi connectivity index (χ0n) is 38.5. The van der Waals surface area contributed by atoms with Crippen molar-refractivity contribution in [2.75, 3.05) is 9.80 Å². The van der Waals surface area contributed by atoms with E-state index in [1.54, 1.807) is 0 Å². The van der Waals surface area contributed by atoms with E-state index < -0.39 is 0 Å². The van der Waals surface area contributed by atoms with E-state index in [9.17, 15) is 0 Å². The van der Waals surface area contributed by atoms with Crippen molar-refractivity contribution in [3.63, 3.8) is 0 Å². The van der Waals surface area contributed by atoms with Gasteiger partial charge in [0, 0.05) is 66.5 Å². The van der Waals surface area contributed by atoms with Crippen molar-refractivity contribution < 1.29 is 25.8 Å². The monoisotopic (exact) mass is 1040 g/mol. The van der Waals surface area contributed by atoms with Crippen LogP contribution in [0, 0.1) is 18.8 Å². The number of fused-ring (bicyclic) bond motifs is 3. The molecular formula is C60H53N4OPt-3. The maximum Gasteiger partial charge on any atom is 0.135 e. The van der Waals surface area contributed by atoms with E-state index in [4.69, 9.17) is 9.72 Å². The van der Waals surface area contributed by atoms with Gasteiger partial charge < -0.3 is 19.1 Å². The summed E-state index contributed by atoms with van der Waals surface area (Å²) in [5.41, 5.74) is 11.8. The Morgan fingerprint density at radius 3 is 1.89 bits per heavy atom. The molecule has 0 amide bonds. The fourth-order valence-corrected chi connectivity index (χ4v) is 9.09. The van der Waals surface area contributed by atoms with Crippen molar-refractivity contribution in [1.29, 1.82) is 0 Å². The number of nitrogens with zero attached hydrogens (tertiary/aromatic N) is 4. The number of pyridine rings is 1. The molecule has 7 aromatic carbocycles. The average molecular weight is 1040 g/mol. The Kier molecular flexibility index (Phi) is 11.9. The number of allylic oxidation sites excluding steroid dienone is 1. The molecule has 66 heavy (non-hydrogen) atoms. The smallest absolute Gasteiger partial charge is 0.135 e. The van der Waals surface area contributed by atoms with Crippen molar-refractivity contribution in [3.8, 4) is 28.4 Å². The second kappa shape index (κ2) is 17.6. The van der Waals surface area contributed by atoms with Gasteiger partial charge in [0.15, 0.2) is 0 Å². The number of aromatic nitrogens is 2. The molecule has 0 fully saturated rings. The van der Waals surface area contributed by atoms with E-state index in [1.807, 2.05) is 24.4 Å². The maximum absolute atomic E-state index is 6.71. The second-order valence-electron chi connectivity index (χ2n) is 19.1. The van der Waals surface area contributed by atoms with Crippen molar-refractivity contribution in [2.24, 2.45) is 0 Å². The number of anilines is 2. The van der Waals surface area contributed by atoms with Gasteiger partial charge in [-0.15, -0.1) is 48.1 Å². The molecule has 6 heteroatoms. The zero-order chi connectivity index (χ0) is 44.9. The molecule has 332 valence electrons. The van der Waals surface area contributed by atoms with Crippen molar-refractivity contribution >= 4 is 33.2 Å². The average Bonchev–Trinajstić information content (AvgIpc) is 3.93. The molecule has 0 saturated heterocycles. The van der Waals surface area contributed by atoms with Crippen LogP contribution < -0.4 is 14.5 Å². The summed E-state index contributed by atoms with van der Waals surface area (Å²) in [6.07, 6.45) is 4.15. The van der Waals surface area contributed by atoms with Crippen LogP contribution in [0.15, 0.2) is 194 Å². The molecule has 0 bridgehead atoms. The van der Waals surface area contributed by atoms with E-state index in [0.29, 0.717) is 11.5 Å². The summed E-state index contributed by atoms with van der Waals surface area (Å²) >= 11 is 0. The topological polar surface area (TPSA) is 33.5 Å².